The zero-order chi connectivity index (χ0) is 16.1. The number of benzene rings is 1. The monoisotopic (exact) mass is 304 g/mol. The minimum Gasteiger partial charge on any atom is -0.382 e. The van der Waals surface area contributed by atoms with Gasteiger partial charge in [0.2, 0.25) is 5.91 Å². The first-order chi connectivity index (χ1) is 10.5. The summed E-state index contributed by atoms with van der Waals surface area (Å²) in [6.07, 6.45) is 4.56. The number of amides is 1. The van der Waals surface area contributed by atoms with Crippen molar-refractivity contribution < 1.29 is 9.53 Å². The van der Waals surface area contributed by atoms with Crippen LogP contribution in [0.4, 0.5) is 0 Å². The van der Waals surface area contributed by atoms with Gasteiger partial charge >= 0.3 is 0 Å². The molecule has 1 atom stereocenters. The lowest BCUT2D eigenvalue weighted by atomic mass is 9.66. The van der Waals surface area contributed by atoms with Crippen LogP contribution >= 0.6 is 0 Å². The van der Waals surface area contributed by atoms with Crippen LogP contribution in [-0.2, 0) is 15.1 Å². The third kappa shape index (κ3) is 3.87. The molecule has 1 amide bonds. The van der Waals surface area contributed by atoms with E-state index in [9.17, 15) is 4.79 Å². The zero-order valence-electron chi connectivity index (χ0n) is 13.7. The highest BCUT2D eigenvalue weighted by Gasteiger charge is 2.38. The van der Waals surface area contributed by atoms with Gasteiger partial charge in [0.1, 0.15) is 5.54 Å². The molecule has 4 nitrogen and oxygen atoms in total. The first-order valence-corrected chi connectivity index (χ1v) is 8.21. The molecule has 0 heterocycles. The molecule has 1 saturated carbocycles. The number of carbonyl (C=O) groups is 1. The second kappa shape index (κ2) is 7.25. The molecule has 1 aromatic carbocycles. The zero-order valence-corrected chi connectivity index (χ0v) is 13.7. The van der Waals surface area contributed by atoms with E-state index < -0.39 is 5.54 Å². The Morgan fingerprint density at radius 2 is 2.05 bits per heavy atom. The topological polar surface area (TPSA) is 64.3 Å². The number of hydrogen-bond acceptors (Lipinski definition) is 3. The number of rotatable bonds is 8. The molecule has 22 heavy (non-hydrogen) atoms. The van der Waals surface area contributed by atoms with Crippen LogP contribution in [0.25, 0.3) is 0 Å². The summed E-state index contributed by atoms with van der Waals surface area (Å²) in [5.41, 5.74) is 6.30. The SMILES string of the molecule is CCOCCC1(CNC(=O)C(C)(N)c2ccccc2)CCC1. The van der Waals surface area contributed by atoms with Gasteiger partial charge < -0.3 is 15.8 Å². The fraction of sp³-hybridized carbons (Fsp3) is 0.611. The summed E-state index contributed by atoms with van der Waals surface area (Å²) in [6, 6.07) is 9.53. The number of ether oxygens (including phenoxy) is 1. The highest BCUT2D eigenvalue weighted by molar-refractivity contribution is 5.87. The van der Waals surface area contributed by atoms with Crippen molar-refractivity contribution >= 4 is 5.91 Å². The highest BCUT2D eigenvalue weighted by atomic mass is 16.5. The van der Waals surface area contributed by atoms with E-state index in [0.717, 1.165) is 38.0 Å². The Hall–Kier alpha value is -1.39. The van der Waals surface area contributed by atoms with E-state index in [4.69, 9.17) is 10.5 Å². The molecule has 1 aliphatic rings. The minimum atomic E-state index is -0.994. The molecule has 0 spiro atoms. The van der Waals surface area contributed by atoms with Gasteiger partial charge in [0, 0.05) is 19.8 Å². The molecular weight excluding hydrogens is 276 g/mol. The van der Waals surface area contributed by atoms with Gasteiger partial charge in [-0.25, -0.2) is 0 Å². The third-order valence-electron chi connectivity index (χ3n) is 4.86. The van der Waals surface area contributed by atoms with Gasteiger partial charge in [-0.3, -0.25) is 4.79 Å². The van der Waals surface area contributed by atoms with Crippen LogP contribution < -0.4 is 11.1 Å². The van der Waals surface area contributed by atoms with Gasteiger partial charge in [-0.1, -0.05) is 36.8 Å². The number of hydrogen-bond donors (Lipinski definition) is 2. The molecule has 2 rings (SSSR count). The summed E-state index contributed by atoms with van der Waals surface area (Å²) in [4.78, 5) is 12.5. The molecule has 0 saturated heterocycles. The maximum Gasteiger partial charge on any atom is 0.244 e. The lowest BCUT2D eigenvalue weighted by Crippen LogP contribution is -2.52. The van der Waals surface area contributed by atoms with E-state index in [-0.39, 0.29) is 11.3 Å². The van der Waals surface area contributed by atoms with Crippen LogP contribution in [0.15, 0.2) is 30.3 Å². The summed E-state index contributed by atoms with van der Waals surface area (Å²) in [5, 5.41) is 3.07. The second-order valence-corrected chi connectivity index (χ2v) is 6.55. The minimum absolute atomic E-state index is 0.110. The number of nitrogens with one attached hydrogen (secondary N) is 1. The molecule has 0 aliphatic heterocycles. The van der Waals surface area contributed by atoms with Crippen LogP contribution in [0.5, 0.6) is 0 Å². The van der Waals surface area contributed by atoms with E-state index in [1.54, 1.807) is 6.92 Å². The molecule has 0 aromatic heterocycles. The fourth-order valence-electron chi connectivity index (χ4n) is 2.99. The molecule has 1 aliphatic carbocycles. The summed E-state index contributed by atoms with van der Waals surface area (Å²) in [6.45, 7) is 5.99. The second-order valence-electron chi connectivity index (χ2n) is 6.55. The molecule has 1 unspecified atom stereocenters. The Bertz CT molecular complexity index is 481. The molecule has 0 bridgehead atoms. The average Bonchev–Trinajstić information content (AvgIpc) is 2.49. The average molecular weight is 304 g/mol. The van der Waals surface area contributed by atoms with Gasteiger partial charge in [-0.05, 0) is 44.1 Å². The van der Waals surface area contributed by atoms with Gasteiger partial charge in [-0.2, -0.15) is 0 Å². The van der Waals surface area contributed by atoms with Crippen molar-refractivity contribution in [2.45, 2.75) is 45.1 Å². The summed E-state index contributed by atoms with van der Waals surface area (Å²) in [7, 11) is 0. The van der Waals surface area contributed by atoms with Crippen molar-refractivity contribution in [1.29, 1.82) is 0 Å². The smallest absolute Gasteiger partial charge is 0.244 e. The first-order valence-electron chi connectivity index (χ1n) is 8.21. The number of nitrogens with two attached hydrogens (primary N) is 1. The predicted molar refractivity (Wildman–Crippen MR) is 88.4 cm³/mol. The quantitative estimate of drug-likeness (QED) is 0.726. The lowest BCUT2D eigenvalue weighted by Gasteiger charge is -2.42. The van der Waals surface area contributed by atoms with Crippen molar-refractivity contribution in [3.63, 3.8) is 0 Å². The summed E-state index contributed by atoms with van der Waals surface area (Å²) < 4.78 is 5.47. The predicted octanol–water partition coefficient (Wildman–Crippen LogP) is 2.57. The Morgan fingerprint density at radius 3 is 2.59 bits per heavy atom. The van der Waals surface area contributed by atoms with Crippen molar-refractivity contribution in [1.82, 2.24) is 5.32 Å². The molecule has 3 N–H and O–H groups in total. The largest absolute Gasteiger partial charge is 0.382 e. The molecule has 1 aromatic rings. The normalized spacial score (nSPS) is 19.0. The Kier molecular flexibility index (Phi) is 5.59. The Morgan fingerprint density at radius 1 is 1.36 bits per heavy atom. The summed E-state index contributed by atoms with van der Waals surface area (Å²) >= 11 is 0. The van der Waals surface area contributed by atoms with Crippen molar-refractivity contribution in [3.05, 3.63) is 35.9 Å². The van der Waals surface area contributed by atoms with Crippen molar-refractivity contribution in [2.75, 3.05) is 19.8 Å². The van der Waals surface area contributed by atoms with Crippen LogP contribution in [0.2, 0.25) is 0 Å². The molecule has 4 heteroatoms. The molecular formula is C18H28N2O2. The van der Waals surface area contributed by atoms with Gasteiger partial charge in [0.25, 0.3) is 0 Å². The van der Waals surface area contributed by atoms with E-state index >= 15 is 0 Å². The fourth-order valence-corrected chi connectivity index (χ4v) is 2.99. The van der Waals surface area contributed by atoms with Crippen molar-refractivity contribution in [2.24, 2.45) is 11.1 Å². The van der Waals surface area contributed by atoms with Crippen LogP contribution in [0.3, 0.4) is 0 Å². The first kappa shape index (κ1) is 17.0. The molecule has 122 valence electrons. The van der Waals surface area contributed by atoms with Crippen LogP contribution in [0, 0.1) is 5.41 Å². The Labute approximate surface area is 133 Å². The van der Waals surface area contributed by atoms with E-state index in [1.807, 2.05) is 37.3 Å². The highest BCUT2D eigenvalue weighted by Crippen LogP contribution is 2.43. The molecule has 1 fully saturated rings. The number of carbonyl (C=O) groups excluding carboxylic acids is 1. The van der Waals surface area contributed by atoms with E-state index in [0.29, 0.717) is 6.54 Å². The van der Waals surface area contributed by atoms with E-state index in [1.165, 1.54) is 6.42 Å². The molecule has 0 radical (unpaired) electrons. The summed E-state index contributed by atoms with van der Waals surface area (Å²) in [5.74, 6) is -0.110. The maximum atomic E-state index is 12.5. The van der Waals surface area contributed by atoms with Gasteiger partial charge in [-0.15, -0.1) is 0 Å². The van der Waals surface area contributed by atoms with Crippen LogP contribution in [-0.4, -0.2) is 25.7 Å². The standard InChI is InChI=1S/C18H28N2O2/c1-3-22-13-12-18(10-7-11-18)14-20-16(21)17(2,19)15-8-5-4-6-9-15/h4-6,8-9H,3,7,10-14,19H2,1-2H3,(H,20,21). The van der Waals surface area contributed by atoms with Gasteiger partial charge in [0.15, 0.2) is 0 Å². The van der Waals surface area contributed by atoms with Crippen LogP contribution in [0.1, 0.15) is 45.1 Å². The Balaban J connectivity index is 1.91. The van der Waals surface area contributed by atoms with Crippen molar-refractivity contribution in [3.8, 4) is 0 Å². The van der Waals surface area contributed by atoms with E-state index in [2.05, 4.69) is 5.32 Å². The third-order valence-corrected chi connectivity index (χ3v) is 4.86. The van der Waals surface area contributed by atoms with Gasteiger partial charge in [0.05, 0.1) is 0 Å². The maximum absolute atomic E-state index is 12.5. The lowest BCUT2D eigenvalue weighted by molar-refractivity contribution is -0.127.